The highest BCUT2D eigenvalue weighted by Gasteiger charge is 2.21. The molecular weight excluding hydrogens is 428 g/mol. The van der Waals surface area contributed by atoms with Gasteiger partial charge in [-0.2, -0.15) is 5.26 Å². The predicted octanol–water partition coefficient (Wildman–Crippen LogP) is 4.30. The van der Waals surface area contributed by atoms with Gasteiger partial charge < -0.3 is 20.4 Å². The molecule has 0 radical (unpaired) electrons. The molecule has 7 nitrogen and oxygen atoms in total. The van der Waals surface area contributed by atoms with E-state index in [-0.39, 0.29) is 11.8 Å². The number of aromatic nitrogens is 1. The lowest BCUT2D eigenvalue weighted by atomic mass is 10.0. The Morgan fingerprint density at radius 3 is 2.71 bits per heavy atom. The number of ether oxygens (including phenoxy) is 1. The molecule has 0 unspecified atom stereocenters. The van der Waals surface area contributed by atoms with Gasteiger partial charge in [0.2, 0.25) is 11.8 Å². The SMILES string of the molecule is CC(=O)N[C@H](Cc1c[nH]c2ccccc12)C(=O)Nc1cccc(OCc2cccc(C#N)c2)c1. The number of carbonyl (C=O) groups excluding carboxylic acids is 2. The van der Waals surface area contributed by atoms with Crippen LogP contribution in [0.2, 0.25) is 0 Å². The Balaban J connectivity index is 1.45. The average molecular weight is 453 g/mol. The first-order valence-corrected chi connectivity index (χ1v) is 10.9. The second-order valence-corrected chi connectivity index (χ2v) is 7.93. The van der Waals surface area contributed by atoms with E-state index in [1.165, 1.54) is 6.92 Å². The largest absolute Gasteiger partial charge is 0.489 e. The Bertz CT molecular complexity index is 1370. The molecule has 0 spiro atoms. The fraction of sp³-hybridized carbons (Fsp3) is 0.148. The highest BCUT2D eigenvalue weighted by Crippen LogP contribution is 2.21. The van der Waals surface area contributed by atoms with Crippen LogP contribution in [0.1, 0.15) is 23.6 Å². The highest BCUT2D eigenvalue weighted by molar-refractivity contribution is 5.97. The second kappa shape index (κ2) is 10.4. The van der Waals surface area contributed by atoms with Crippen molar-refractivity contribution in [3.05, 3.63) is 95.7 Å². The van der Waals surface area contributed by atoms with E-state index in [0.717, 1.165) is 22.0 Å². The molecule has 1 aromatic heterocycles. The molecule has 4 rings (SSSR count). The molecule has 4 aromatic rings. The lowest BCUT2D eigenvalue weighted by molar-refractivity contribution is -0.125. The molecule has 0 bridgehead atoms. The van der Waals surface area contributed by atoms with E-state index in [2.05, 4.69) is 21.7 Å². The number of nitrogens with zero attached hydrogens (tertiary/aromatic N) is 1. The van der Waals surface area contributed by atoms with Gasteiger partial charge >= 0.3 is 0 Å². The predicted molar refractivity (Wildman–Crippen MR) is 130 cm³/mol. The number of anilines is 1. The van der Waals surface area contributed by atoms with Crippen LogP contribution in [-0.4, -0.2) is 22.8 Å². The molecule has 0 aliphatic heterocycles. The van der Waals surface area contributed by atoms with Crippen molar-refractivity contribution in [1.82, 2.24) is 10.3 Å². The minimum Gasteiger partial charge on any atom is -0.489 e. The van der Waals surface area contributed by atoms with Gasteiger partial charge in [0.05, 0.1) is 11.6 Å². The fourth-order valence-electron chi connectivity index (χ4n) is 3.77. The summed E-state index contributed by atoms with van der Waals surface area (Å²) < 4.78 is 5.84. The zero-order valence-corrected chi connectivity index (χ0v) is 18.7. The van der Waals surface area contributed by atoms with Crippen molar-refractivity contribution in [3.63, 3.8) is 0 Å². The molecule has 3 aromatic carbocycles. The number of aromatic amines is 1. The molecule has 2 amide bonds. The Hall–Kier alpha value is -4.57. The molecule has 0 aliphatic carbocycles. The van der Waals surface area contributed by atoms with E-state index in [1.54, 1.807) is 36.4 Å². The van der Waals surface area contributed by atoms with Crippen LogP contribution < -0.4 is 15.4 Å². The number of fused-ring (bicyclic) bond motifs is 1. The lowest BCUT2D eigenvalue weighted by Gasteiger charge is -2.18. The van der Waals surface area contributed by atoms with Gasteiger partial charge in [-0.25, -0.2) is 0 Å². The van der Waals surface area contributed by atoms with Crippen LogP contribution in [-0.2, 0) is 22.6 Å². The van der Waals surface area contributed by atoms with Crippen molar-refractivity contribution in [2.45, 2.75) is 26.0 Å². The molecule has 0 saturated heterocycles. The summed E-state index contributed by atoms with van der Waals surface area (Å²) in [4.78, 5) is 28.0. The van der Waals surface area contributed by atoms with E-state index >= 15 is 0 Å². The van der Waals surface area contributed by atoms with Crippen LogP contribution in [0.25, 0.3) is 10.9 Å². The number of rotatable bonds is 8. The monoisotopic (exact) mass is 452 g/mol. The molecule has 34 heavy (non-hydrogen) atoms. The summed E-state index contributed by atoms with van der Waals surface area (Å²) in [7, 11) is 0. The first kappa shape index (κ1) is 22.6. The van der Waals surface area contributed by atoms with Crippen LogP contribution in [0.4, 0.5) is 5.69 Å². The van der Waals surface area contributed by atoms with Crippen LogP contribution in [0.15, 0.2) is 79.0 Å². The van der Waals surface area contributed by atoms with E-state index in [9.17, 15) is 9.59 Å². The van der Waals surface area contributed by atoms with E-state index in [0.29, 0.717) is 30.0 Å². The summed E-state index contributed by atoms with van der Waals surface area (Å²) in [6.45, 7) is 1.69. The second-order valence-electron chi connectivity index (χ2n) is 7.93. The maximum absolute atomic E-state index is 13.1. The Morgan fingerprint density at radius 2 is 1.88 bits per heavy atom. The van der Waals surface area contributed by atoms with Crippen LogP contribution in [0.3, 0.4) is 0 Å². The van der Waals surface area contributed by atoms with E-state index in [4.69, 9.17) is 10.00 Å². The van der Waals surface area contributed by atoms with E-state index in [1.807, 2.05) is 42.6 Å². The van der Waals surface area contributed by atoms with Crippen molar-refractivity contribution >= 4 is 28.4 Å². The number of benzene rings is 3. The molecule has 1 atom stereocenters. The number of nitrogens with one attached hydrogen (secondary N) is 3. The third kappa shape index (κ3) is 5.61. The third-order valence-corrected chi connectivity index (χ3v) is 5.36. The molecule has 7 heteroatoms. The van der Waals surface area contributed by atoms with E-state index < -0.39 is 6.04 Å². The smallest absolute Gasteiger partial charge is 0.247 e. The standard InChI is InChI=1S/C27H24N4O3/c1-18(32)30-26(13-21-16-29-25-11-3-2-10-24(21)25)27(33)31-22-8-5-9-23(14-22)34-17-20-7-4-6-19(12-20)15-28/h2-12,14,16,26,29H,13,17H2,1H3,(H,30,32)(H,31,33)/t26-/m1/s1. The van der Waals surface area contributed by atoms with Crippen LogP contribution in [0.5, 0.6) is 5.75 Å². The van der Waals surface area contributed by atoms with Crippen molar-refractivity contribution in [3.8, 4) is 11.8 Å². The van der Waals surface area contributed by atoms with Gasteiger partial charge in [0.1, 0.15) is 18.4 Å². The number of para-hydroxylation sites is 1. The minimum absolute atomic E-state index is 0.281. The summed E-state index contributed by atoms with van der Waals surface area (Å²) in [6, 6.07) is 23.5. The average Bonchev–Trinajstić information content (AvgIpc) is 3.25. The summed E-state index contributed by atoms with van der Waals surface area (Å²) in [5.74, 6) is -0.0242. The summed E-state index contributed by atoms with van der Waals surface area (Å²) in [5, 5.41) is 15.7. The number of nitriles is 1. The number of carbonyl (C=O) groups is 2. The Kier molecular flexibility index (Phi) is 6.89. The maximum Gasteiger partial charge on any atom is 0.247 e. The molecule has 0 fully saturated rings. The minimum atomic E-state index is -0.741. The van der Waals surface area contributed by atoms with Crippen LogP contribution >= 0.6 is 0 Å². The molecular formula is C27H24N4O3. The van der Waals surface area contributed by atoms with Crippen molar-refractivity contribution in [1.29, 1.82) is 5.26 Å². The van der Waals surface area contributed by atoms with Crippen LogP contribution in [0, 0.1) is 11.3 Å². The summed E-state index contributed by atoms with van der Waals surface area (Å²) in [6.07, 6.45) is 2.21. The van der Waals surface area contributed by atoms with Gasteiger partial charge in [-0.3, -0.25) is 9.59 Å². The summed E-state index contributed by atoms with van der Waals surface area (Å²) in [5.41, 5.74) is 3.92. The third-order valence-electron chi connectivity index (χ3n) is 5.36. The number of hydrogen-bond donors (Lipinski definition) is 3. The number of hydrogen-bond acceptors (Lipinski definition) is 4. The fourth-order valence-corrected chi connectivity index (χ4v) is 3.77. The molecule has 0 saturated carbocycles. The molecule has 1 heterocycles. The van der Waals surface area contributed by atoms with Crippen molar-refractivity contribution in [2.24, 2.45) is 0 Å². The molecule has 170 valence electrons. The van der Waals surface area contributed by atoms with Gasteiger partial charge in [0.15, 0.2) is 0 Å². The zero-order valence-electron chi connectivity index (χ0n) is 18.7. The van der Waals surface area contributed by atoms with Crippen molar-refractivity contribution in [2.75, 3.05) is 5.32 Å². The number of amides is 2. The molecule has 0 aliphatic rings. The van der Waals surface area contributed by atoms with Gasteiger partial charge in [0.25, 0.3) is 0 Å². The Labute approximate surface area is 197 Å². The quantitative estimate of drug-likeness (QED) is 0.370. The van der Waals surface area contributed by atoms with Gasteiger partial charge in [-0.05, 0) is 41.5 Å². The van der Waals surface area contributed by atoms with Crippen molar-refractivity contribution < 1.29 is 14.3 Å². The lowest BCUT2D eigenvalue weighted by Crippen LogP contribution is -2.44. The van der Waals surface area contributed by atoms with Gasteiger partial charge in [0, 0.05) is 42.2 Å². The topological polar surface area (TPSA) is 107 Å². The van der Waals surface area contributed by atoms with Gasteiger partial charge in [-0.1, -0.05) is 36.4 Å². The van der Waals surface area contributed by atoms with Gasteiger partial charge in [-0.15, -0.1) is 0 Å². The Morgan fingerprint density at radius 1 is 1.06 bits per heavy atom. The molecule has 3 N–H and O–H groups in total. The first-order valence-electron chi connectivity index (χ1n) is 10.9. The first-order chi connectivity index (χ1) is 16.5. The maximum atomic E-state index is 13.1. The highest BCUT2D eigenvalue weighted by atomic mass is 16.5. The number of H-pyrrole nitrogens is 1. The zero-order chi connectivity index (χ0) is 23.9. The summed E-state index contributed by atoms with van der Waals surface area (Å²) >= 11 is 0. The normalized spacial score (nSPS) is 11.4.